The zero-order valence-corrected chi connectivity index (χ0v) is 29.1. The highest BCUT2D eigenvalue weighted by Gasteiger charge is 2.20. The maximum atomic E-state index is 6.48. The van der Waals surface area contributed by atoms with E-state index in [1.807, 2.05) is 79.7 Å². The van der Waals surface area contributed by atoms with Gasteiger partial charge in [-0.2, -0.15) is 0 Å². The van der Waals surface area contributed by atoms with Crippen LogP contribution in [-0.4, -0.2) is 15.0 Å². The predicted octanol–water partition coefficient (Wildman–Crippen LogP) is 12.7. The predicted molar refractivity (Wildman–Crippen MR) is 215 cm³/mol. The Morgan fingerprint density at radius 1 is 0.566 bits per heavy atom. The molecular formula is C48H33N3O2. The molecule has 0 aliphatic heterocycles. The molecule has 0 fully saturated rings. The van der Waals surface area contributed by atoms with Crippen LogP contribution in [0.15, 0.2) is 156 Å². The summed E-state index contributed by atoms with van der Waals surface area (Å²) in [6, 6.07) is 49.8. The van der Waals surface area contributed by atoms with Crippen molar-refractivity contribution < 1.29 is 9.15 Å². The van der Waals surface area contributed by atoms with Crippen LogP contribution in [0, 0.1) is 6.92 Å². The zero-order chi connectivity index (χ0) is 35.3. The number of benzene rings is 7. The van der Waals surface area contributed by atoms with Crippen molar-refractivity contribution in [3.8, 4) is 56.8 Å². The maximum Gasteiger partial charge on any atom is 0.164 e. The number of aryl methyl sites for hydroxylation is 2. The number of para-hydroxylation sites is 2. The van der Waals surface area contributed by atoms with Gasteiger partial charge in [-0.15, -0.1) is 0 Å². The van der Waals surface area contributed by atoms with Gasteiger partial charge in [0.05, 0.1) is 0 Å². The molecule has 53 heavy (non-hydrogen) atoms. The molecule has 0 saturated heterocycles. The van der Waals surface area contributed by atoms with Gasteiger partial charge in [0.1, 0.15) is 22.7 Å². The number of rotatable bonds is 6. The molecule has 252 valence electrons. The fraction of sp³-hybridized carbons (Fsp3) is 0.0625. The van der Waals surface area contributed by atoms with Gasteiger partial charge in [-0.1, -0.05) is 103 Å². The number of hydrogen-bond acceptors (Lipinski definition) is 5. The second-order valence-electron chi connectivity index (χ2n) is 13.6. The Labute approximate surface area is 306 Å². The summed E-state index contributed by atoms with van der Waals surface area (Å²) in [6.45, 7) is 2.04. The molecule has 9 aromatic rings. The monoisotopic (exact) mass is 683 g/mol. The number of fused-ring (bicyclic) bond motifs is 6. The number of ether oxygens (including phenoxy) is 1. The second kappa shape index (κ2) is 12.7. The number of furan rings is 1. The summed E-state index contributed by atoms with van der Waals surface area (Å²) in [6.07, 6.45) is 6.67. The molecule has 2 heterocycles. The minimum atomic E-state index is 0.576. The highest BCUT2D eigenvalue weighted by molar-refractivity contribution is 6.13. The standard InChI is InChI=1S/C48H33N3O2/c1-30-11-5-9-17-42(30)52-37-24-21-33(22-25-37)46-49-47(35-23-26-39-34(27-35)20-19-32-14-6-7-15-38(32)39)51-48(50-46)41-28-36(31-12-3-2-4-13-31)29-44-45(41)40-16-8-10-18-43(40)53-44/h2-5,7-13,15-29H,6,14H2,1H3. The van der Waals surface area contributed by atoms with Gasteiger partial charge in [-0.25, -0.2) is 15.0 Å². The van der Waals surface area contributed by atoms with Crippen LogP contribution in [0.4, 0.5) is 0 Å². The minimum Gasteiger partial charge on any atom is -0.457 e. The average Bonchev–Trinajstić information content (AvgIpc) is 3.60. The van der Waals surface area contributed by atoms with Gasteiger partial charge in [0.2, 0.25) is 0 Å². The molecule has 0 saturated carbocycles. The highest BCUT2D eigenvalue weighted by Crippen LogP contribution is 2.40. The molecule has 0 N–H and O–H groups in total. The Balaban J connectivity index is 1.17. The smallest absolute Gasteiger partial charge is 0.164 e. The molecular weight excluding hydrogens is 651 g/mol. The third-order valence-corrected chi connectivity index (χ3v) is 10.2. The van der Waals surface area contributed by atoms with E-state index in [0.717, 1.165) is 85.0 Å². The molecule has 0 atom stereocenters. The van der Waals surface area contributed by atoms with Crippen molar-refractivity contribution in [2.45, 2.75) is 19.8 Å². The van der Waals surface area contributed by atoms with Crippen LogP contribution in [0.3, 0.4) is 0 Å². The second-order valence-corrected chi connectivity index (χ2v) is 13.6. The summed E-state index contributed by atoms with van der Waals surface area (Å²) in [4.78, 5) is 15.6. The number of aromatic nitrogens is 3. The normalized spacial score (nSPS) is 12.4. The van der Waals surface area contributed by atoms with E-state index in [1.165, 1.54) is 16.5 Å². The highest BCUT2D eigenvalue weighted by atomic mass is 16.5. The van der Waals surface area contributed by atoms with E-state index in [4.69, 9.17) is 24.1 Å². The fourth-order valence-electron chi connectivity index (χ4n) is 7.45. The lowest BCUT2D eigenvalue weighted by Gasteiger charge is -2.14. The Morgan fingerprint density at radius 2 is 1.32 bits per heavy atom. The minimum absolute atomic E-state index is 0.576. The van der Waals surface area contributed by atoms with Gasteiger partial charge in [-0.3, -0.25) is 0 Å². The maximum absolute atomic E-state index is 6.48. The van der Waals surface area contributed by atoms with Gasteiger partial charge >= 0.3 is 0 Å². The van der Waals surface area contributed by atoms with Crippen molar-refractivity contribution in [3.63, 3.8) is 0 Å². The van der Waals surface area contributed by atoms with Crippen LogP contribution < -0.4 is 4.74 Å². The Bertz CT molecular complexity index is 2870. The number of hydrogen-bond donors (Lipinski definition) is 0. The first kappa shape index (κ1) is 30.9. The summed E-state index contributed by atoms with van der Waals surface area (Å²) >= 11 is 0. The molecule has 0 bridgehead atoms. The molecule has 0 unspecified atom stereocenters. The van der Waals surface area contributed by atoms with E-state index in [1.54, 1.807) is 0 Å². The van der Waals surface area contributed by atoms with Crippen LogP contribution in [0.25, 0.3) is 84.1 Å². The van der Waals surface area contributed by atoms with E-state index in [0.29, 0.717) is 17.5 Å². The van der Waals surface area contributed by atoms with Crippen LogP contribution in [-0.2, 0) is 6.42 Å². The van der Waals surface area contributed by atoms with Gasteiger partial charge in [0.25, 0.3) is 0 Å². The van der Waals surface area contributed by atoms with E-state index >= 15 is 0 Å². The average molecular weight is 684 g/mol. The Kier molecular flexibility index (Phi) is 7.43. The lowest BCUT2D eigenvalue weighted by Crippen LogP contribution is -2.01. The summed E-state index contributed by atoms with van der Waals surface area (Å²) < 4.78 is 12.7. The number of nitrogens with zero attached hydrogens (tertiary/aromatic N) is 3. The molecule has 5 heteroatoms. The molecule has 0 spiro atoms. The first-order valence-electron chi connectivity index (χ1n) is 18.0. The van der Waals surface area contributed by atoms with Gasteiger partial charge in [0.15, 0.2) is 17.5 Å². The molecule has 10 rings (SSSR count). The van der Waals surface area contributed by atoms with Gasteiger partial charge in [0, 0.05) is 27.5 Å². The van der Waals surface area contributed by atoms with Crippen LogP contribution in [0.2, 0.25) is 0 Å². The van der Waals surface area contributed by atoms with E-state index in [9.17, 15) is 0 Å². The lowest BCUT2D eigenvalue weighted by atomic mass is 9.91. The summed E-state index contributed by atoms with van der Waals surface area (Å²) in [5.74, 6) is 3.32. The lowest BCUT2D eigenvalue weighted by molar-refractivity contribution is 0.479. The van der Waals surface area contributed by atoms with Gasteiger partial charge in [-0.05, 0) is 113 Å². The van der Waals surface area contributed by atoms with Crippen molar-refractivity contribution in [1.82, 2.24) is 15.0 Å². The molecule has 1 aliphatic carbocycles. The first-order chi connectivity index (χ1) is 26.1. The van der Waals surface area contributed by atoms with Crippen LogP contribution >= 0.6 is 0 Å². The van der Waals surface area contributed by atoms with Crippen LogP contribution in [0.1, 0.15) is 23.1 Å². The molecule has 0 amide bonds. The topological polar surface area (TPSA) is 61.0 Å². The fourth-order valence-corrected chi connectivity index (χ4v) is 7.45. The largest absolute Gasteiger partial charge is 0.457 e. The number of allylic oxidation sites excluding steroid dienone is 1. The SMILES string of the molecule is Cc1ccccc1Oc1ccc(-c2nc(-c3ccc4c5c(ccc4c3)CCC=C5)nc(-c3cc(-c4ccccc4)cc4oc5ccccc5c34)n2)cc1. The third-order valence-electron chi connectivity index (χ3n) is 10.2. The molecule has 1 aliphatic rings. The molecule has 7 aromatic carbocycles. The van der Waals surface area contributed by atoms with E-state index < -0.39 is 0 Å². The van der Waals surface area contributed by atoms with Crippen LogP contribution in [0.5, 0.6) is 11.5 Å². The van der Waals surface area contributed by atoms with Crippen molar-refractivity contribution in [2.75, 3.05) is 0 Å². The van der Waals surface area contributed by atoms with E-state index in [2.05, 4.69) is 84.9 Å². The van der Waals surface area contributed by atoms with E-state index in [-0.39, 0.29) is 0 Å². The Morgan fingerprint density at radius 3 is 2.19 bits per heavy atom. The van der Waals surface area contributed by atoms with Crippen molar-refractivity contribution in [1.29, 1.82) is 0 Å². The summed E-state index contributed by atoms with van der Waals surface area (Å²) in [5, 5.41) is 4.38. The third kappa shape index (κ3) is 5.63. The summed E-state index contributed by atoms with van der Waals surface area (Å²) in [7, 11) is 0. The molecule has 5 nitrogen and oxygen atoms in total. The van der Waals surface area contributed by atoms with Crippen molar-refractivity contribution in [3.05, 3.63) is 168 Å². The Hall–Kier alpha value is -6.85. The molecule has 2 aromatic heterocycles. The first-order valence-corrected chi connectivity index (χ1v) is 18.0. The van der Waals surface area contributed by atoms with Crippen molar-refractivity contribution in [2.24, 2.45) is 0 Å². The molecule has 0 radical (unpaired) electrons. The van der Waals surface area contributed by atoms with Crippen molar-refractivity contribution >= 4 is 38.8 Å². The quantitative estimate of drug-likeness (QED) is 0.175. The zero-order valence-electron chi connectivity index (χ0n) is 29.1. The van der Waals surface area contributed by atoms with Gasteiger partial charge < -0.3 is 9.15 Å². The summed E-state index contributed by atoms with van der Waals surface area (Å²) in [5.41, 5.74) is 10.2.